The van der Waals surface area contributed by atoms with Gasteiger partial charge in [0.2, 0.25) is 0 Å². The Kier molecular flexibility index (Phi) is 4.18. The van der Waals surface area contributed by atoms with Gasteiger partial charge in [0.1, 0.15) is 0 Å². The molecule has 3 heteroatoms. The van der Waals surface area contributed by atoms with Crippen molar-refractivity contribution >= 4 is 0 Å². The molecule has 0 aromatic heterocycles. The van der Waals surface area contributed by atoms with Gasteiger partial charge in [0, 0.05) is 6.08 Å². The molecular weight excluding hydrogens is 142 g/mol. The number of nitrogens with zero attached hydrogens (tertiary/aromatic N) is 1. The van der Waals surface area contributed by atoms with E-state index < -0.39 is 0 Å². The van der Waals surface area contributed by atoms with Crippen LogP contribution in [0.3, 0.4) is 0 Å². The third-order valence-electron chi connectivity index (χ3n) is 1.05. The van der Waals surface area contributed by atoms with Gasteiger partial charge in [-0.25, -0.2) is 0 Å². The zero-order valence-corrected chi connectivity index (χ0v) is 7.07. The molecule has 0 aliphatic rings. The summed E-state index contributed by atoms with van der Waals surface area (Å²) in [5.74, 6) is 0.214. The second-order valence-electron chi connectivity index (χ2n) is 2.59. The molecule has 0 spiro atoms. The molecule has 0 aliphatic heterocycles. The molecule has 0 N–H and O–H groups in total. The molecule has 0 fully saturated rings. The Balaban J connectivity index is 4.46. The Morgan fingerprint density at radius 3 is 2.36 bits per heavy atom. The minimum atomic E-state index is -0.375. The lowest BCUT2D eigenvalue weighted by molar-refractivity contribution is -0.419. The van der Waals surface area contributed by atoms with E-state index in [1.54, 1.807) is 19.1 Å². The van der Waals surface area contributed by atoms with Crippen LogP contribution in [-0.4, -0.2) is 4.92 Å². The summed E-state index contributed by atoms with van der Waals surface area (Å²) in [6, 6.07) is 0. The van der Waals surface area contributed by atoms with E-state index in [1.165, 1.54) is 6.08 Å². The quantitative estimate of drug-likeness (QED) is 0.356. The van der Waals surface area contributed by atoms with Crippen LogP contribution in [-0.2, 0) is 0 Å². The van der Waals surface area contributed by atoms with Crippen molar-refractivity contribution in [3.63, 3.8) is 0 Å². The largest absolute Gasteiger partial charge is 0.265 e. The van der Waals surface area contributed by atoms with E-state index in [4.69, 9.17) is 0 Å². The lowest BCUT2D eigenvalue weighted by atomic mass is 10.2. The van der Waals surface area contributed by atoms with Crippen LogP contribution in [0.1, 0.15) is 20.8 Å². The van der Waals surface area contributed by atoms with Crippen molar-refractivity contribution in [2.75, 3.05) is 0 Å². The van der Waals surface area contributed by atoms with E-state index in [0.29, 0.717) is 0 Å². The first-order chi connectivity index (χ1) is 5.07. The van der Waals surface area contributed by atoms with E-state index in [2.05, 4.69) is 0 Å². The normalized spacial score (nSPS) is 12.9. The molecular formula is C8H13NO2. The molecule has 0 bridgehead atoms. The Labute approximate surface area is 66.6 Å². The summed E-state index contributed by atoms with van der Waals surface area (Å²) in [5, 5.41) is 10.3. The van der Waals surface area contributed by atoms with Gasteiger partial charge in [0.25, 0.3) is 5.70 Å². The zero-order chi connectivity index (χ0) is 8.85. The van der Waals surface area contributed by atoms with Crippen LogP contribution in [0.2, 0.25) is 0 Å². The van der Waals surface area contributed by atoms with E-state index in [1.807, 2.05) is 13.8 Å². The summed E-state index contributed by atoms with van der Waals surface area (Å²) >= 11 is 0. The molecule has 11 heavy (non-hydrogen) atoms. The minimum absolute atomic E-state index is 0.169. The Bertz CT molecular complexity index is 192. The highest BCUT2D eigenvalue weighted by Gasteiger charge is 2.04. The second-order valence-corrected chi connectivity index (χ2v) is 2.59. The second kappa shape index (κ2) is 4.66. The van der Waals surface area contributed by atoms with E-state index in [0.717, 1.165) is 0 Å². The lowest BCUT2D eigenvalue weighted by Gasteiger charge is -1.94. The predicted octanol–water partition coefficient (Wildman–Crippen LogP) is 2.38. The monoisotopic (exact) mass is 155 g/mol. The van der Waals surface area contributed by atoms with Crippen molar-refractivity contribution in [1.82, 2.24) is 0 Å². The molecule has 0 aromatic rings. The summed E-state index contributed by atoms with van der Waals surface area (Å²) < 4.78 is 0. The van der Waals surface area contributed by atoms with E-state index in [-0.39, 0.29) is 16.5 Å². The van der Waals surface area contributed by atoms with E-state index >= 15 is 0 Å². The summed E-state index contributed by atoms with van der Waals surface area (Å²) in [7, 11) is 0. The average molecular weight is 155 g/mol. The highest BCUT2D eigenvalue weighted by Crippen LogP contribution is 2.04. The summed E-state index contributed by atoms with van der Waals surface area (Å²) in [5.41, 5.74) is 0.169. The smallest absolute Gasteiger partial charge is 0.258 e. The first-order valence-electron chi connectivity index (χ1n) is 3.56. The van der Waals surface area contributed by atoms with Crippen LogP contribution in [0.4, 0.5) is 0 Å². The lowest BCUT2D eigenvalue weighted by Crippen LogP contribution is -1.97. The molecule has 0 atom stereocenters. The maximum atomic E-state index is 10.3. The fourth-order valence-electron chi connectivity index (χ4n) is 0.690. The SMILES string of the molecule is C/C=C\C(=C/C(C)C)[N+](=O)[O-]. The van der Waals surface area contributed by atoms with Crippen molar-refractivity contribution in [2.45, 2.75) is 20.8 Å². The van der Waals surface area contributed by atoms with Gasteiger partial charge in [-0.2, -0.15) is 0 Å². The molecule has 3 nitrogen and oxygen atoms in total. The molecule has 0 rings (SSSR count). The molecule has 0 heterocycles. The highest BCUT2D eigenvalue weighted by molar-refractivity contribution is 5.10. The van der Waals surface area contributed by atoms with E-state index in [9.17, 15) is 10.1 Å². The van der Waals surface area contributed by atoms with Gasteiger partial charge < -0.3 is 0 Å². The van der Waals surface area contributed by atoms with Crippen LogP contribution in [0.15, 0.2) is 23.9 Å². The van der Waals surface area contributed by atoms with Gasteiger partial charge in [-0.1, -0.05) is 19.9 Å². The number of nitro groups is 1. The molecule has 0 saturated carbocycles. The molecule has 0 saturated heterocycles. The number of hydrogen-bond donors (Lipinski definition) is 0. The molecule has 0 radical (unpaired) electrons. The van der Waals surface area contributed by atoms with Crippen molar-refractivity contribution in [3.05, 3.63) is 34.0 Å². The van der Waals surface area contributed by atoms with Gasteiger partial charge >= 0.3 is 0 Å². The van der Waals surface area contributed by atoms with Crippen molar-refractivity contribution in [3.8, 4) is 0 Å². The minimum Gasteiger partial charge on any atom is -0.258 e. The summed E-state index contributed by atoms with van der Waals surface area (Å²) in [6.45, 7) is 5.58. The number of hydrogen-bond acceptors (Lipinski definition) is 2. The van der Waals surface area contributed by atoms with Gasteiger partial charge in [0.15, 0.2) is 0 Å². The fourth-order valence-corrected chi connectivity index (χ4v) is 0.690. The Hall–Kier alpha value is -1.12. The number of rotatable bonds is 3. The van der Waals surface area contributed by atoms with Crippen LogP contribution in [0.5, 0.6) is 0 Å². The van der Waals surface area contributed by atoms with Gasteiger partial charge in [-0.3, -0.25) is 10.1 Å². The molecule has 0 aliphatic carbocycles. The highest BCUT2D eigenvalue weighted by atomic mass is 16.6. The van der Waals surface area contributed by atoms with Gasteiger partial charge in [-0.05, 0) is 18.9 Å². The van der Waals surface area contributed by atoms with Gasteiger partial charge in [-0.15, -0.1) is 0 Å². The summed E-state index contributed by atoms with van der Waals surface area (Å²) in [4.78, 5) is 9.94. The Morgan fingerprint density at radius 2 is 2.09 bits per heavy atom. The molecule has 0 amide bonds. The van der Waals surface area contributed by atoms with Crippen LogP contribution in [0.25, 0.3) is 0 Å². The van der Waals surface area contributed by atoms with Crippen LogP contribution in [0, 0.1) is 16.0 Å². The maximum absolute atomic E-state index is 10.3. The van der Waals surface area contributed by atoms with Crippen molar-refractivity contribution < 1.29 is 4.92 Å². The first-order valence-corrected chi connectivity index (χ1v) is 3.56. The fraction of sp³-hybridized carbons (Fsp3) is 0.500. The number of allylic oxidation sites excluding steroid dienone is 3. The molecule has 0 aromatic carbocycles. The Morgan fingerprint density at radius 1 is 1.55 bits per heavy atom. The summed E-state index contributed by atoms with van der Waals surface area (Å²) in [6.07, 6.45) is 4.79. The van der Waals surface area contributed by atoms with Crippen LogP contribution < -0.4 is 0 Å². The predicted molar refractivity (Wildman–Crippen MR) is 44.7 cm³/mol. The average Bonchev–Trinajstić information content (AvgIpc) is 1.86. The standard InChI is InChI=1S/C8H13NO2/c1-4-5-8(9(10)11)6-7(2)3/h4-7H,1-3H3/b5-4-,8-6+. The third-order valence-corrected chi connectivity index (χ3v) is 1.05. The van der Waals surface area contributed by atoms with Crippen LogP contribution >= 0.6 is 0 Å². The zero-order valence-electron chi connectivity index (χ0n) is 7.07. The third kappa shape index (κ3) is 4.31. The van der Waals surface area contributed by atoms with Crippen molar-refractivity contribution in [1.29, 1.82) is 0 Å². The molecule has 0 unspecified atom stereocenters. The van der Waals surface area contributed by atoms with Crippen molar-refractivity contribution in [2.24, 2.45) is 5.92 Å². The topological polar surface area (TPSA) is 43.1 Å². The maximum Gasteiger partial charge on any atom is 0.265 e. The van der Waals surface area contributed by atoms with Gasteiger partial charge in [0.05, 0.1) is 4.92 Å². The molecule has 62 valence electrons. The first kappa shape index (κ1) is 9.88.